The molecule has 2 rings (SSSR count). The Balaban J connectivity index is 1.81. The fraction of sp³-hybridized carbons (Fsp3) is 0.385. The van der Waals surface area contributed by atoms with Crippen LogP contribution in [0.1, 0.15) is 0 Å². The summed E-state index contributed by atoms with van der Waals surface area (Å²) in [5, 5.41) is 7.50. The Morgan fingerprint density at radius 2 is 2.06 bits per heavy atom. The summed E-state index contributed by atoms with van der Waals surface area (Å²) in [6.07, 6.45) is 1.84. The van der Waals surface area contributed by atoms with Crippen molar-refractivity contribution in [3.8, 4) is 0 Å². The van der Waals surface area contributed by atoms with Gasteiger partial charge < -0.3 is 15.4 Å². The molecule has 0 aliphatic heterocycles. The largest absolute Gasteiger partial charge is 0.383 e. The monoisotopic (exact) mass is 246 g/mol. The van der Waals surface area contributed by atoms with Crippen molar-refractivity contribution in [1.29, 1.82) is 0 Å². The van der Waals surface area contributed by atoms with E-state index in [2.05, 4.69) is 20.6 Å². The summed E-state index contributed by atoms with van der Waals surface area (Å²) in [6, 6.07) is 7.95. The molecule has 1 aromatic heterocycles. The Bertz CT molecular complexity index is 489. The minimum Gasteiger partial charge on any atom is -0.383 e. The molecule has 1 aromatic carbocycles. The summed E-state index contributed by atoms with van der Waals surface area (Å²) in [5.74, 6) is 0.669. The minimum absolute atomic E-state index is 0.669. The molecule has 0 spiro atoms. The molecular weight excluding hydrogens is 228 g/mol. The summed E-state index contributed by atoms with van der Waals surface area (Å²) < 4.78 is 4.95. The van der Waals surface area contributed by atoms with E-state index < -0.39 is 0 Å². The molecule has 0 fully saturated rings. The molecule has 0 saturated carbocycles. The van der Waals surface area contributed by atoms with Crippen LogP contribution in [0.15, 0.2) is 30.5 Å². The van der Waals surface area contributed by atoms with Crippen LogP contribution in [0.25, 0.3) is 10.9 Å². The van der Waals surface area contributed by atoms with E-state index in [1.165, 1.54) is 0 Å². The third kappa shape index (κ3) is 3.65. The second kappa shape index (κ2) is 6.88. The van der Waals surface area contributed by atoms with Gasteiger partial charge in [0.15, 0.2) is 0 Å². The zero-order valence-electron chi connectivity index (χ0n) is 10.5. The molecule has 0 bridgehead atoms. The predicted octanol–water partition coefficient (Wildman–Crippen LogP) is 1.28. The Hall–Kier alpha value is -1.72. The predicted molar refractivity (Wildman–Crippen MR) is 72.8 cm³/mol. The van der Waals surface area contributed by atoms with Crippen molar-refractivity contribution < 1.29 is 4.74 Å². The minimum atomic E-state index is 0.669. The molecule has 0 aliphatic carbocycles. The van der Waals surface area contributed by atoms with Gasteiger partial charge in [-0.15, -0.1) is 0 Å². The van der Waals surface area contributed by atoms with Crippen LogP contribution in [0, 0.1) is 0 Å². The summed E-state index contributed by atoms with van der Waals surface area (Å²) in [7, 11) is 1.70. The number of benzene rings is 1. The first-order chi connectivity index (χ1) is 8.90. The molecule has 2 aromatic rings. The van der Waals surface area contributed by atoms with Gasteiger partial charge in [-0.1, -0.05) is 18.2 Å². The number of para-hydroxylation sites is 1. The zero-order chi connectivity index (χ0) is 12.6. The third-order valence-corrected chi connectivity index (χ3v) is 2.56. The highest BCUT2D eigenvalue weighted by atomic mass is 16.5. The quantitative estimate of drug-likeness (QED) is 0.721. The molecule has 0 radical (unpaired) electrons. The van der Waals surface area contributed by atoms with Crippen LogP contribution in [0.5, 0.6) is 0 Å². The lowest BCUT2D eigenvalue weighted by Gasteiger charge is -2.06. The lowest BCUT2D eigenvalue weighted by molar-refractivity contribution is 0.200. The van der Waals surface area contributed by atoms with Gasteiger partial charge in [0.2, 0.25) is 5.95 Å². The number of anilines is 1. The van der Waals surface area contributed by atoms with Crippen LogP contribution >= 0.6 is 0 Å². The van der Waals surface area contributed by atoms with E-state index in [1.807, 2.05) is 30.5 Å². The summed E-state index contributed by atoms with van der Waals surface area (Å²) in [6.45, 7) is 3.24. The van der Waals surface area contributed by atoms with Gasteiger partial charge in [-0.3, -0.25) is 0 Å². The van der Waals surface area contributed by atoms with Gasteiger partial charge in [-0.25, -0.2) is 9.97 Å². The van der Waals surface area contributed by atoms with Crippen LogP contribution in [0.3, 0.4) is 0 Å². The average Bonchev–Trinajstić information content (AvgIpc) is 2.42. The molecule has 18 heavy (non-hydrogen) atoms. The van der Waals surface area contributed by atoms with Crippen molar-refractivity contribution in [2.45, 2.75) is 0 Å². The van der Waals surface area contributed by atoms with E-state index in [0.29, 0.717) is 5.95 Å². The molecule has 96 valence electrons. The van der Waals surface area contributed by atoms with Gasteiger partial charge >= 0.3 is 0 Å². The van der Waals surface area contributed by atoms with Gasteiger partial charge in [0.25, 0.3) is 0 Å². The summed E-state index contributed by atoms with van der Waals surface area (Å²) in [5.41, 5.74) is 0.961. The number of rotatable bonds is 7. The van der Waals surface area contributed by atoms with Gasteiger partial charge in [-0.2, -0.15) is 0 Å². The van der Waals surface area contributed by atoms with Gasteiger partial charge in [0.05, 0.1) is 12.1 Å². The summed E-state index contributed by atoms with van der Waals surface area (Å²) >= 11 is 0. The van der Waals surface area contributed by atoms with Crippen molar-refractivity contribution in [2.75, 3.05) is 38.7 Å². The normalized spacial score (nSPS) is 10.7. The highest BCUT2D eigenvalue weighted by Gasteiger charge is 1.97. The smallest absolute Gasteiger partial charge is 0.223 e. The number of ether oxygens (including phenoxy) is 1. The number of hydrogen-bond donors (Lipinski definition) is 2. The highest BCUT2D eigenvalue weighted by Crippen LogP contribution is 2.11. The second-order valence-corrected chi connectivity index (χ2v) is 3.92. The first-order valence-corrected chi connectivity index (χ1v) is 6.05. The number of fused-ring (bicyclic) bond motifs is 1. The van der Waals surface area contributed by atoms with E-state index >= 15 is 0 Å². The molecule has 2 N–H and O–H groups in total. The standard InChI is InChI=1S/C13H18N4O/c1-18-9-8-14-6-7-15-13-16-10-11-4-2-3-5-12(11)17-13/h2-5,10,14H,6-9H2,1H3,(H,15,16,17). The number of methoxy groups -OCH3 is 1. The fourth-order valence-corrected chi connectivity index (χ4v) is 1.62. The van der Waals surface area contributed by atoms with Crippen LogP contribution in [0.2, 0.25) is 0 Å². The lowest BCUT2D eigenvalue weighted by atomic mass is 10.2. The van der Waals surface area contributed by atoms with Crippen LogP contribution in [0.4, 0.5) is 5.95 Å². The van der Waals surface area contributed by atoms with E-state index in [-0.39, 0.29) is 0 Å². The first kappa shape index (κ1) is 12.7. The first-order valence-electron chi connectivity index (χ1n) is 6.05. The molecule has 5 nitrogen and oxygen atoms in total. The van der Waals surface area contributed by atoms with Crippen LogP contribution in [-0.2, 0) is 4.74 Å². The van der Waals surface area contributed by atoms with E-state index in [0.717, 1.165) is 37.1 Å². The van der Waals surface area contributed by atoms with E-state index in [9.17, 15) is 0 Å². The third-order valence-electron chi connectivity index (χ3n) is 2.56. The molecule has 0 aliphatic rings. The van der Waals surface area contributed by atoms with Gasteiger partial charge in [-0.05, 0) is 6.07 Å². The van der Waals surface area contributed by atoms with Crippen molar-refractivity contribution in [1.82, 2.24) is 15.3 Å². The Kier molecular flexibility index (Phi) is 4.87. The number of aromatic nitrogens is 2. The Morgan fingerprint density at radius 1 is 1.17 bits per heavy atom. The van der Waals surface area contributed by atoms with Crippen molar-refractivity contribution in [3.63, 3.8) is 0 Å². The number of nitrogens with zero attached hydrogens (tertiary/aromatic N) is 2. The maximum Gasteiger partial charge on any atom is 0.223 e. The number of nitrogens with one attached hydrogen (secondary N) is 2. The van der Waals surface area contributed by atoms with E-state index in [1.54, 1.807) is 7.11 Å². The molecule has 0 atom stereocenters. The van der Waals surface area contributed by atoms with Crippen molar-refractivity contribution in [2.24, 2.45) is 0 Å². The van der Waals surface area contributed by atoms with Gasteiger partial charge in [0.1, 0.15) is 0 Å². The second-order valence-electron chi connectivity index (χ2n) is 3.92. The van der Waals surface area contributed by atoms with Crippen LogP contribution < -0.4 is 10.6 Å². The molecule has 0 amide bonds. The molecular formula is C13H18N4O. The fourth-order valence-electron chi connectivity index (χ4n) is 1.62. The highest BCUT2D eigenvalue weighted by molar-refractivity contribution is 5.78. The maximum absolute atomic E-state index is 4.95. The van der Waals surface area contributed by atoms with Crippen molar-refractivity contribution >= 4 is 16.9 Å². The summed E-state index contributed by atoms with van der Waals surface area (Å²) in [4.78, 5) is 8.70. The molecule has 0 unspecified atom stereocenters. The van der Waals surface area contributed by atoms with E-state index in [4.69, 9.17) is 4.74 Å². The number of hydrogen-bond acceptors (Lipinski definition) is 5. The van der Waals surface area contributed by atoms with Crippen molar-refractivity contribution in [3.05, 3.63) is 30.5 Å². The van der Waals surface area contributed by atoms with Gasteiger partial charge in [0, 0.05) is 38.3 Å². The topological polar surface area (TPSA) is 59.1 Å². The average molecular weight is 246 g/mol. The Labute approximate surface area is 107 Å². The SMILES string of the molecule is COCCNCCNc1ncc2ccccc2n1. The maximum atomic E-state index is 4.95. The lowest BCUT2D eigenvalue weighted by Crippen LogP contribution is -2.25. The zero-order valence-corrected chi connectivity index (χ0v) is 10.5. The molecule has 1 heterocycles. The van der Waals surface area contributed by atoms with Crippen LogP contribution in [-0.4, -0.2) is 43.3 Å². The molecule has 5 heteroatoms. The Morgan fingerprint density at radius 3 is 2.94 bits per heavy atom. The molecule has 0 saturated heterocycles.